The van der Waals surface area contributed by atoms with Crippen LogP contribution in [0.2, 0.25) is 0 Å². The van der Waals surface area contributed by atoms with Crippen LogP contribution in [0.25, 0.3) is 0 Å². The molecule has 0 spiro atoms. The van der Waals surface area contributed by atoms with E-state index >= 15 is 0 Å². The molecule has 1 unspecified atom stereocenters. The summed E-state index contributed by atoms with van der Waals surface area (Å²) in [7, 11) is 0. The average molecular weight is 380 g/mol. The summed E-state index contributed by atoms with van der Waals surface area (Å²) in [6.45, 7) is 2.99. The first-order chi connectivity index (χ1) is 13.6. The van der Waals surface area contributed by atoms with Crippen molar-refractivity contribution in [3.8, 4) is 11.5 Å². The van der Waals surface area contributed by atoms with Gasteiger partial charge in [0.25, 0.3) is 0 Å². The van der Waals surface area contributed by atoms with Crippen molar-refractivity contribution in [2.75, 3.05) is 13.2 Å². The predicted octanol–water partition coefficient (Wildman–Crippen LogP) is 3.57. The third kappa shape index (κ3) is 4.01. The number of amides is 1. The fourth-order valence-electron chi connectivity index (χ4n) is 3.56. The molecule has 1 fully saturated rings. The molecule has 6 nitrogen and oxygen atoms in total. The molecule has 2 aromatic rings. The molecule has 1 aliphatic heterocycles. The van der Waals surface area contributed by atoms with Gasteiger partial charge in [-0.2, -0.15) is 0 Å². The number of hydrogen-bond acceptors (Lipinski definition) is 5. The Morgan fingerprint density at radius 2 is 1.89 bits per heavy atom. The third-order valence-electron chi connectivity index (χ3n) is 5.19. The highest BCUT2D eigenvalue weighted by atomic mass is 16.6. The lowest BCUT2D eigenvalue weighted by Gasteiger charge is -2.29. The van der Waals surface area contributed by atoms with Crippen LogP contribution in [0.5, 0.6) is 11.5 Å². The molecule has 2 heterocycles. The van der Waals surface area contributed by atoms with Gasteiger partial charge in [0.1, 0.15) is 13.2 Å². The Hall–Kier alpha value is -2.89. The van der Waals surface area contributed by atoms with Crippen LogP contribution in [-0.2, 0) is 4.79 Å². The summed E-state index contributed by atoms with van der Waals surface area (Å²) in [4.78, 5) is 31.8. The topological polar surface area (TPSA) is 68.7 Å². The van der Waals surface area contributed by atoms with Crippen molar-refractivity contribution in [2.24, 2.45) is 0 Å². The van der Waals surface area contributed by atoms with Gasteiger partial charge in [-0.1, -0.05) is 6.07 Å². The highest BCUT2D eigenvalue weighted by Crippen LogP contribution is 2.35. The summed E-state index contributed by atoms with van der Waals surface area (Å²) in [6.07, 6.45) is 4.14. The smallest absolute Gasteiger partial charge is 0.223 e. The van der Waals surface area contributed by atoms with Gasteiger partial charge in [-0.25, -0.2) is 0 Å². The maximum absolute atomic E-state index is 12.9. The summed E-state index contributed by atoms with van der Waals surface area (Å²) in [5.41, 5.74) is 1.42. The maximum Gasteiger partial charge on any atom is 0.223 e. The lowest BCUT2D eigenvalue weighted by atomic mass is 10.0. The third-order valence-corrected chi connectivity index (χ3v) is 5.19. The number of carbonyl (C=O) groups is 2. The number of pyridine rings is 1. The van der Waals surface area contributed by atoms with Crippen molar-refractivity contribution in [3.05, 3.63) is 53.9 Å². The monoisotopic (exact) mass is 380 g/mol. The Balaban J connectivity index is 1.40. The fourth-order valence-corrected chi connectivity index (χ4v) is 3.56. The normalized spacial score (nSPS) is 16.3. The summed E-state index contributed by atoms with van der Waals surface area (Å²) < 4.78 is 11.0. The highest BCUT2D eigenvalue weighted by molar-refractivity contribution is 5.98. The molecule has 1 saturated carbocycles. The van der Waals surface area contributed by atoms with Crippen LogP contribution in [0.1, 0.15) is 54.7 Å². The molecule has 1 aromatic carbocycles. The summed E-state index contributed by atoms with van der Waals surface area (Å²) in [5, 5.41) is 0. The number of benzene rings is 1. The van der Waals surface area contributed by atoms with E-state index < -0.39 is 0 Å². The second-order valence-corrected chi connectivity index (χ2v) is 7.24. The Morgan fingerprint density at radius 3 is 2.61 bits per heavy atom. The summed E-state index contributed by atoms with van der Waals surface area (Å²) in [6, 6.07) is 11.1. The van der Waals surface area contributed by atoms with Crippen LogP contribution < -0.4 is 9.47 Å². The van der Waals surface area contributed by atoms with Gasteiger partial charge in [-0.15, -0.1) is 0 Å². The molecule has 0 bridgehead atoms. The molecule has 0 radical (unpaired) electrons. The second kappa shape index (κ2) is 8.00. The molecule has 1 aromatic heterocycles. The van der Waals surface area contributed by atoms with Crippen molar-refractivity contribution in [1.29, 1.82) is 0 Å². The van der Waals surface area contributed by atoms with Gasteiger partial charge in [0.05, 0.1) is 11.7 Å². The molecule has 1 atom stereocenters. The first kappa shape index (κ1) is 18.5. The Kier molecular flexibility index (Phi) is 5.28. The minimum Gasteiger partial charge on any atom is -0.486 e. The molecular weight excluding hydrogens is 356 g/mol. The number of hydrogen-bond donors (Lipinski definition) is 0. The van der Waals surface area contributed by atoms with E-state index in [9.17, 15) is 9.59 Å². The maximum atomic E-state index is 12.9. The second-order valence-electron chi connectivity index (χ2n) is 7.24. The molecule has 4 rings (SSSR count). The summed E-state index contributed by atoms with van der Waals surface area (Å²) >= 11 is 0. The zero-order chi connectivity index (χ0) is 19.5. The number of Topliss-reactive ketones (excluding diaryl/α,β-unsaturated/α-hetero) is 1. The molecule has 0 saturated heterocycles. The van der Waals surface area contributed by atoms with Crippen LogP contribution in [0, 0.1) is 0 Å². The molecule has 28 heavy (non-hydrogen) atoms. The zero-order valence-electron chi connectivity index (χ0n) is 16.0. The van der Waals surface area contributed by atoms with E-state index in [4.69, 9.17) is 9.47 Å². The van der Waals surface area contributed by atoms with E-state index in [0.29, 0.717) is 30.3 Å². The Morgan fingerprint density at radius 1 is 1.11 bits per heavy atom. The molecule has 6 heteroatoms. The van der Waals surface area contributed by atoms with Gasteiger partial charge >= 0.3 is 0 Å². The van der Waals surface area contributed by atoms with E-state index in [1.54, 1.807) is 24.4 Å². The number of rotatable bonds is 7. The number of nitrogens with zero attached hydrogens (tertiary/aromatic N) is 2. The van der Waals surface area contributed by atoms with Gasteiger partial charge in [0, 0.05) is 30.6 Å². The van der Waals surface area contributed by atoms with E-state index in [1.165, 1.54) is 0 Å². The SMILES string of the molecule is CC(c1ccccn1)N(C(=O)CCC(=O)c1ccc2c(c1)OCCO2)C1CC1. The zero-order valence-corrected chi connectivity index (χ0v) is 16.0. The quantitative estimate of drug-likeness (QED) is 0.687. The number of aromatic nitrogens is 1. The molecule has 0 N–H and O–H groups in total. The van der Waals surface area contributed by atoms with Gasteiger partial charge in [0.15, 0.2) is 17.3 Å². The van der Waals surface area contributed by atoms with Crippen LogP contribution in [0.3, 0.4) is 0 Å². The average Bonchev–Trinajstić information content (AvgIpc) is 3.57. The molecule has 1 amide bonds. The number of fused-ring (bicyclic) bond motifs is 1. The Labute approximate surface area is 164 Å². The minimum absolute atomic E-state index is 0.00606. The van der Waals surface area contributed by atoms with Crippen LogP contribution in [-0.4, -0.2) is 40.8 Å². The molecule has 146 valence electrons. The first-order valence-electron chi connectivity index (χ1n) is 9.78. The van der Waals surface area contributed by atoms with Crippen LogP contribution in [0.4, 0.5) is 0 Å². The van der Waals surface area contributed by atoms with Gasteiger partial charge < -0.3 is 14.4 Å². The lowest BCUT2D eigenvalue weighted by Crippen LogP contribution is -2.36. The lowest BCUT2D eigenvalue weighted by molar-refractivity contribution is -0.134. The van der Waals surface area contributed by atoms with E-state index in [2.05, 4.69) is 4.98 Å². The number of carbonyl (C=O) groups excluding carboxylic acids is 2. The van der Waals surface area contributed by atoms with Crippen molar-refractivity contribution in [3.63, 3.8) is 0 Å². The minimum atomic E-state index is -0.0920. The number of ketones is 1. The van der Waals surface area contributed by atoms with Gasteiger partial charge in [0.2, 0.25) is 5.91 Å². The molecular formula is C22H24N2O4. The van der Waals surface area contributed by atoms with Crippen molar-refractivity contribution in [1.82, 2.24) is 9.88 Å². The van der Waals surface area contributed by atoms with Crippen molar-refractivity contribution >= 4 is 11.7 Å². The van der Waals surface area contributed by atoms with Gasteiger partial charge in [-0.05, 0) is 50.1 Å². The Bertz CT molecular complexity index is 864. The number of ether oxygens (including phenoxy) is 2. The van der Waals surface area contributed by atoms with Crippen LogP contribution >= 0.6 is 0 Å². The fraction of sp³-hybridized carbons (Fsp3) is 0.409. The predicted molar refractivity (Wildman–Crippen MR) is 104 cm³/mol. The van der Waals surface area contributed by atoms with Crippen LogP contribution in [0.15, 0.2) is 42.6 Å². The summed E-state index contributed by atoms with van der Waals surface area (Å²) in [5.74, 6) is 1.19. The molecule has 2 aliphatic rings. The van der Waals surface area contributed by atoms with E-state index in [-0.39, 0.29) is 36.6 Å². The largest absolute Gasteiger partial charge is 0.486 e. The highest BCUT2D eigenvalue weighted by Gasteiger charge is 2.36. The molecule has 1 aliphatic carbocycles. The van der Waals surface area contributed by atoms with Crippen molar-refractivity contribution < 1.29 is 19.1 Å². The van der Waals surface area contributed by atoms with Crippen molar-refractivity contribution in [2.45, 2.75) is 44.7 Å². The van der Waals surface area contributed by atoms with E-state index in [0.717, 1.165) is 18.5 Å². The standard InChI is InChI=1S/C22H24N2O4/c1-15(18-4-2-3-11-23-18)24(17-6-7-17)22(26)10-8-19(25)16-5-9-20-21(14-16)28-13-12-27-20/h2-5,9,11,14-15,17H,6-8,10,12-13H2,1H3. The van der Waals surface area contributed by atoms with Gasteiger partial charge in [-0.3, -0.25) is 14.6 Å². The van der Waals surface area contributed by atoms with E-state index in [1.807, 2.05) is 30.0 Å². The first-order valence-corrected chi connectivity index (χ1v) is 9.78.